The molecule has 3 aromatic rings. The average molecular weight is 521 g/mol. The minimum absolute atomic E-state index is 0.165. The molecule has 37 heavy (non-hydrogen) atoms. The van der Waals surface area contributed by atoms with E-state index in [0.717, 1.165) is 53.1 Å². The average Bonchev–Trinajstić information content (AvgIpc) is 3.21. The lowest BCUT2D eigenvalue weighted by molar-refractivity contribution is 0.412. The molecule has 0 bridgehead atoms. The maximum absolute atomic E-state index is 11.8. The van der Waals surface area contributed by atoms with Crippen molar-refractivity contribution in [3.05, 3.63) is 77.9 Å². The van der Waals surface area contributed by atoms with Crippen molar-refractivity contribution < 1.29 is 22.1 Å². The molecule has 2 heterocycles. The molecule has 5 rings (SSSR count). The minimum atomic E-state index is -3.71. The largest absolute Gasteiger partial charge is 0.497 e. The van der Waals surface area contributed by atoms with Crippen molar-refractivity contribution in [3.8, 4) is 28.4 Å². The van der Waals surface area contributed by atoms with Crippen molar-refractivity contribution in [2.24, 2.45) is 15.7 Å². The second-order valence-corrected chi connectivity index (χ2v) is 10.5. The first kappa shape index (κ1) is 24.6. The Balaban J connectivity index is 1.69. The van der Waals surface area contributed by atoms with E-state index >= 15 is 0 Å². The Labute approximate surface area is 216 Å². The number of aliphatic imine (C=N–C) groups is 2. The van der Waals surface area contributed by atoms with Crippen LogP contribution in [0.25, 0.3) is 11.1 Å². The van der Waals surface area contributed by atoms with Crippen LogP contribution in [0.1, 0.15) is 17.5 Å². The maximum Gasteiger partial charge on any atom is 0.306 e. The highest BCUT2D eigenvalue weighted by Gasteiger charge is 2.49. The number of methoxy groups -OCH3 is 2. The summed E-state index contributed by atoms with van der Waals surface area (Å²) in [6, 6.07) is 20.7. The fourth-order valence-corrected chi connectivity index (χ4v) is 5.25. The highest BCUT2D eigenvalue weighted by Crippen LogP contribution is 2.43. The first-order valence-electron chi connectivity index (χ1n) is 11.8. The number of hydrogen-bond donors (Lipinski definition) is 1. The predicted octanol–water partition coefficient (Wildman–Crippen LogP) is 3.39. The molecular formula is C27H28N4O5S. The lowest BCUT2D eigenvalue weighted by Gasteiger charge is -2.33. The summed E-state index contributed by atoms with van der Waals surface area (Å²) in [4.78, 5) is 11.9. The van der Waals surface area contributed by atoms with Crippen LogP contribution < -0.4 is 19.4 Å². The van der Waals surface area contributed by atoms with Crippen molar-refractivity contribution in [2.75, 3.05) is 33.6 Å². The molecule has 0 radical (unpaired) electrons. The summed E-state index contributed by atoms with van der Waals surface area (Å²) in [6.07, 6.45) is 1.90. The van der Waals surface area contributed by atoms with Gasteiger partial charge in [-0.1, -0.05) is 30.3 Å². The van der Waals surface area contributed by atoms with Gasteiger partial charge < -0.3 is 19.4 Å². The third-order valence-electron chi connectivity index (χ3n) is 6.42. The Morgan fingerprint density at radius 3 is 2.32 bits per heavy atom. The van der Waals surface area contributed by atoms with Gasteiger partial charge in [0, 0.05) is 19.2 Å². The number of nitrogens with two attached hydrogens (primary N) is 1. The van der Waals surface area contributed by atoms with E-state index < -0.39 is 15.7 Å². The van der Waals surface area contributed by atoms with Gasteiger partial charge in [0.25, 0.3) is 0 Å². The van der Waals surface area contributed by atoms with Crippen LogP contribution in [0.15, 0.2) is 76.7 Å². The van der Waals surface area contributed by atoms with E-state index in [1.54, 1.807) is 13.2 Å². The Morgan fingerprint density at radius 1 is 0.892 bits per heavy atom. The van der Waals surface area contributed by atoms with Crippen molar-refractivity contribution in [2.45, 2.75) is 12.0 Å². The number of fused-ring (bicyclic) bond motifs is 1. The number of nitrogens with zero attached hydrogens (tertiary/aromatic N) is 3. The molecule has 0 spiro atoms. The second kappa shape index (κ2) is 9.44. The lowest BCUT2D eigenvalue weighted by atomic mass is 9.81. The van der Waals surface area contributed by atoms with Crippen molar-refractivity contribution in [3.63, 3.8) is 0 Å². The third kappa shape index (κ3) is 4.60. The normalized spacial score (nSPS) is 19.1. The Bertz CT molecular complexity index is 1500. The lowest BCUT2D eigenvalue weighted by Crippen LogP contribution is -2.46. The molecule has 0 aromatic heterocycles. The number of ether oxygens (including phenoxy) is 2. The summed E-state index contributed by atoms with van der Waals surface area (Å²) in [5.41, 5.74) is 8.82. The van der Waals surface area contributed by atoms with E-state index in [1.807, 2.05) is 59.5 Å². The van der Waals surface area contributed by atoms with Gasteiger partial charge in [0.05, 0.1) is 20.5 Å². The zero-order valence-electron chi connectivity index (χ0n) is 20.8. The predicted molar refractivity (Wildman–Crippen MR) is 143 cm³/mol. The molecule has 1 unspecified atom stereocenters. The van der Waals surface area contributed by atoms with Gasteiger partial charge in [-0.15, -0.1) is 0 Å². The highest BCUT2D eigenvalue weighted by atomic mass is 32.2. The van der Waals surface area contributed by atoms with Gasteiger partial charge in [-0.25, -0.2) is 4.99 Å². The SMILES string of the molecule is COc1ccc(C2(c3cccc(-c4cc(OC)cc(OS(C)(=O)=O)c4)c3)N=C(N)N3CCCN=C32)cc1. The Morgan fingerprint density at radius 2 is 1.62 bits per heavy atom. The highest BCUT2D eigenvalue weighted by molar-refractivity contribution is 7.86. The number of amidine groups is 1. The molecule has 0 saturated heterocycles. The van der Waals surface area contributed by atoms with Crippen LogP contribution in [0, 0.1) is 0 Å². The molecule has 2 N–H and O–H groups in total. The van der Waals surface area contributed by atoms with Gasteiger partial charge in [-0.2, -0.15) is 8.42 Å². The monoisotopic (exact) mass is 520 g/mol. The van der Waals surface area contributed by atoms with Crippen molar-refractivity contribution in [1.29, 1.82) is 0 Å². The standard InChI is InChI=1S/C27H28N4O5S/c1-34-22-10-8-20(9-11-22)27(25-29-12-5-13-31(25)26(28)30-27)21-7-4-6-18(14-21)19-15-23(35-2)17-24(16-19)36-37(3,32)33/h4,6-11,14-17H,5,12-13H2,1-3H3,(H2,28,30). The summed E-state index contributed by atoms with van der Waals surface area (Å²) >= 11 is 0. The first-order chi connectivity index (χ1) is 17.7. The summed E-state index contributed by atoms with van der Waals surface area (Å²) < 4.78 is 39.5. The van der Waals surface area contributed by atoms with E-state index in [-0.39, 0.29) is 5.75 Å². The number of benzene rings is 3. The van der Waals surface area contributed by atoms with E-state index in [0.29, 0.717) is 18.3 Å². The van der Waals surface area contributed by atoms with Crippen LogP contribution >= 0.6 is 0 Å². The molecule has 9 nitrogen and oxygen atoms in total. The van der Waals surface area contributed by atoms with Crippen molar-refractivity contribution >= 4 is 21.9 Å². The van der Waals surface area contributed by atoms with Gasteiger partial charge in [-0.05, 0) is 59.0 Å². The zero-order chi connectivity index (χ0) is 26.2. The fourth-order valence-electron chi connectivity index (χ4n) is 4.81. The Kier molecular flexibility index (Phi) is 6.28. The summed E-state index contributed by atoms with van der Waals surface area (Å²) in [5, 5.41) is 0. The molecule has 0 fully saturated rings. The maximum atomic E-state index is 11.8. The molecule has 1 atom stereocenters. The van der Waals surface area contributed by atoms with Gasteiger partial charge >= 0.3 is 10.1 Å². The summed E-state index contributed by atoms with van der Waals surface area (Å²) in [6.45, 7) is 1.43. The number of rotatable bonds is 7. The summed E-state index contributed by atoms with van der Waals surface area (Å²) in [7, 11) is -0.566. The van der Waals surface area contributed by atoms with Crippen LogP contribution in [0.3, 0.4) is 0 Å². The van der Waals surface area contributed by atoms with Crippen LogP contribution in [0.5, 0.6) is 17.2 Å². The van der Waals surface area contributed by atoms with Gasteiger partial charge in [0.2, 0.25) is 0 Å². The van der Waals surface area contributed by atoms with Crippen LogP contribution in [-0.2, 0) is 15.7 Å². The number of hydrogen-bond acceptors (Lipinski definition) is 9. The van der Waals surface area contributed by atoms with Crippen molar-refractivity contribution in [1.82, 2.24) is 4.90 Å². The van der Waals surface area contributed by atoms with E-state index in [4.69, 9.17) is 29.4 Å². The van der Waals surface area contributed by atoms with Crippen LogP contribution in [-0.4, -0.2) is 58.7 Å². The molecule has 3 aromatic carbocycles. The van der Waals surface area contributed by atoms with Gasteiger partial charge in [0.15, 0.2) is 11.5 Å². The molecule has 2 aliphatic heterocycles. The molecule has 192 valence electrons. The quantitative estimate of drug-likeness (QED) is 0.475. The van der Waals surface area contributed by atoms with Crippen LogP contribution in [0.2, 0.25) is 0 Å². The van der Waals surface area contributed by atoms with Crippen LogP contribution in [0.4, 0.5) is 0 Å². The van der Waals surface area contributed by atoms with E-state index in [2.05, 4.69) is 0 Å². The molecule has 0 aliphatic carbocycles. The van der Waals surface area contributed by atoms with Gasteiger partial charge in [0.1, 0.15) is 23.1 Å². The topological polar surface area (TPSA) is 116 Å². The Hall–Kier alpha value is -4.05. The second-order valence-electron chi connectivity index (χ2n) is 8.88. The molecule has 0 saturated carbocycles. The van der Waals surface area contributed by atoms with E-state index in [9.17, 15) is 8.42 Å². The molecule has 2 aliphatic rings. The minimum Gasteiger partial charge on any atom is -0.497 e. The first-order valence-corrected chi connectivity index (χ1v) is 13.6. The zero-order valence-corrected chi connectivity index (χ0v) is 21.7. The summed E-state index contributed by atoms with van der Waals surface area (Å²) in [5.74, 6) is 2.57. The molecular weight excluding hydrogens is 492 g/mol. The van der Waals surface area contributed by atoms with E-state index in [1.165, 1.54) is 13.2 Å². The molecule has 10 heteroatoms. The molecule has 0 amide bonds. The number of guanidine groups is 1. The third-order valence-corrected chi connectivity index (χ3v) is 6.92. The van der Waals surface area contributed by atoms with Gasteiger partial charge in [-0.3, -0.25) is 9.89 Å². The smallest absolute Gasteiger partial charge is 0.306 e. The fraction of sp³-hybridized carbons (Fsp3) is 0.259.